The van der Waals surface area contributed by atoms with Crippen LogP contribution in [0.25, 0.3) is 0 Å². The Bertz CT molecular complexity index is 159. The standard InChI is InChI=1S/C10H21NO2/c1-3-10(2,13)7-11-8-5-4-6-9(8)12/h8-9,11-13H,3-7H2,1-2H3. The summed E-state index contributed by atoms with van der Waals surface area (Å²) >= 11 is 0. The van der Waals surface area contributed by atoms with E-state index in [2.05, 4.69) is 5.32 Å². The van der Waals surface area contributed by atoms with Crippen molar-refractivity contribution in [3.05, 3.63) is 0 Å². The first kappa shape index (κ1) is 11.0. The molecule has 1 aliphatic rings. The van der Waals surface area contributed by atoms with Gasteiger partial charge in [0.15, 0.2) is 0 Å². The van der Waals surface area contributed by atoms with E-state index in [4.69, 9.17) is 0 Å². The Labute approximate surface area is 80.2 Å². The molecule has 3 N–H and O–H groups in total. The molecule has 3 nitrogen and oxygen atoms in total. The highest BCUT2D eigenvalue weighted by molar-refractivity contribution is 4.85. The van der Waals surface area contributed by atoms with E-state index in [1.54, 1.807) is 0 Å². The predicted octanol–water partition coefficient (Wildman–Crippen LogP) is 0.650. The first-order chi connectivity index (χ1) is 6.05. The monoisotopic (exact) mass is 187 g/mol. The van der Waals surface area contributed by atoms with E-state index in [1.807, 2.05) is 13.8 Å². The van der Waals surface area contributed by atoms with Crippen molar-refractivity contribution in [2.45, 2.75) is 57.3 Å². The fraction of sp³-hybridized carbons (Fsp3) is 1.00. The van der Waals surface area contributed by atoms with Crippen LogP contribution in [-0.4, -0.2) is 34.5 Å². The van der Waals surface area contributed by atoms with Gasteiger partial charge < -0.3 is 15.5 Å². The third-order valence-electron chi connectivity index (χ3n) is 2.99. The summed E-state index contributed by atoms with van der Waals surface area (Å²) in [7, 11) is 0. The quantitative estimate of drug-likeness (QED) is 0.605. The molecule has 0 aromatic heterocycles. The van der Waals surface area contributed by atoms with Gasteiger partial charge in [-0.1, -0.05) is 6.92 Å². The Morgan fingerprint density at radius 2 is 2.15 bits per heavy atom. The van der Waals surface area contributed by atoms with E-state index in [1.165, 1.54) is 0 Å². The van der Waals surface area contributed by atoms with Gasteiger partial charge in [0.25, 0.3) is 0 Å². The van der Waals surface area contributed by atoms with Crippen molar-refractivity contribution in [1.82, 2.24) is 5.32 Å². The normalized spacial score (nSPS) is 33.2. The van der Waals surface area contributed by atoms with Crippen LogP contribution in [0.2, 0.25) is 0 Å². The smallest absolute Gasteiger partial charge is 0.0741 e. The number of hydrogen-bond acceptors (Lipinski definition) is 3. The Morgan fingerprint density at radius 1 is 1.46 bits per heavy atom. The molecule has 3 heteroatoms. The fourth-order valence-corrected chi connectivity index (χ4v) is 1.65. The Morgan fingerprint density at radius 3 is 2.62 bits per heavy atom. The van der Waals surface area contributed by atoms with Crippen LogP contribution in [-0.2, 0) is 0 Å². The Hall–Kier alpha value is -0.120. The van der Waals surface area contributed by atoms with Crippen molar-refractivity contribution in [3.8, 4) is 0 Å². The molecule has 3 unspecified atom stereocenters. The maximum Gasteiger partial charge on any atom is 0.0741 e. The number of rotatable bonds is 4. The van der Waals surface area contributed by atoms with Gasteiger partial charge in [-0.25, -0.2) is 0 Å². The van der Waals surface area contributed by atoms with Gasteiger partial charge in [-0.15, -0.1) is 0 Å². The average Bonchev–Trinajstić information content (AvgIpc) is 2.48. The van der Waals surface area contributed by atoms with Crippen molar-refractivity contribution in [1.29, 1.82) is 0 Å². The lowest BCUT2D eigenvalue weighted by Gasteiger charge is -2.25. The van der Waals surface area contributed by atoms with Gasteiger partial charge in [0, 0.05) is 12.6 Å². The van der Waals surface area contributed by atoms with E-state index >= 15 is 0 Å². The molecule has 1 rings (SSSR count). The third-order valence-corrected chi connectivity index (χ3v) is 2.99. The fourth-order valence-electron chi connectivity index (χ4n) is 1.65. The maximum atomic E-state index is 9.73. The minimum Gasteiger partial charge on any atom is -0.392 e. The van der Waals surface area contributed by atoms with Gasteiger partial charge in [0.2, 0.25) is 0 Å². The molecule has 1 fully saturated rings. The van der Waals surface area contributed by atoms with Crippen molar-refractivity contribution in [2.75, 3.05) is 6.54 Å². The molecular formula is C10H21NO2. The second kappa shape index (κ2) is 4.40. The van der Waals surface area contributed by atoms with Gasteiger partial charge in [-0.2, -0.15) is 0 Å². The molecule has 0 aromatic carbocycles. The molecule has 1 aliphatic carbocycles. The molecule has 0 aliphatic heterocycles. The molecule has 1 saturated carbocycles. The molecule has 0 radical (unpaired) electrons. The van der Waals surface area contributed by atoms with E-state index in [-0.39, 0.29) is 12.1 Å². The van der Waals surface area contributed by atoms with E-state index in [9.17, 15) is 10.2 Å². The molecule has 0 saturated heterocycles. The van der Waals surface area contributed by atoms with Crippen LogP contribution in [0.15, 0.2) is 0 Å². The average molecular weight is 187 g/mol. The van der Waals surface area contributed by atoms with Gasteiger partial charge in [-0.3, -0.25) is 0 Å². The highest BCUT2D eigenvalue weighted by Crippen LogP contribution is 2.19. The molecule has 0 spiro atoms. The van der Waals surface area contributed by atoms with E-state index in [0.717, 1.165) is 25.7 Å². The first-order valence-electron chi connectivity index (χ1n) is 5.19. The molecule has 78 valence electrons. The van der Waals surface area contributed by atoms with Crippen LogP contribution in [0.5, 0.6) is 0 Å². The highest BCUT2D eigenvalue weighted by Gasteiger charge is 2.27. The SMILES string of the molecule is CCC(C)(O)CNC1CCCC1O. The molecule has 0 aromatic rings. The predicted molar refractivity (Wildman–Crippen MR) is 52.6 cm³/mol. The summed E-state index contributed by atoms with van der Waals surface area (Å²) in [6.45, 7) is 4.36. The third kappa shape index (κ3) is 3.25. The summed E-state index contributed by atoms with van der Waals surface area (Å²) in [5, 5.41) is 22.5. The van der Waals surface area contributed by atoms with E-state index < -0.39 is 5.60 Å². The number of aliphatic hydroxyl groups excluding tert-OH is 1. The molecular weight excluding hydrogens is 166 g/mol. The largest absolute Gasteiger partial charge is 0.392 e. The molecule has 0 heterocycles. The Balaban J connectivity index is 2.25. The lowest BCUT2D eigenvalue weighted by atomic mass is 10.0. The molecule has 0 bridgehead atoms. The van der Waals surface area contributed by atoms with Gasteiger partial charge in [0.05, 0.1) is 11.7 Å². The van der Waals surface area contributed by atoms with Gasteiger partial charge in [-0.05, 0) is 32.6 Å². The van der Waals surface area contributed by atoms with Crippen molar-refractivity contribution in [2.24, 2.45) is 0 Å². The summed E-state index contributed by atoms with van der Waals surface area (Å²) in [4.78, 5) is 0. The highest BCUT2D eigenvalue weighted by atomic mass is 16.3. The van der Waals surface area contributed by atoms with Crippen LogP contribution in [0.4, 0.5) is 0 Å². The lowest BCUT2D eigenvalue weighted by molar-refractivity contribution is 0.0459. The zero-order chi connectivity index (χ0) is 9.90. The van der Waals surface area contributed by atoms with Gasteiger partial charge >= 0.3 is 0 Å². The molecule has 0 amide bonds. The zero-order valence-electron chi connectivity index (χ0n) is 8.58. The molecule has 3 atom stereocenters. The van der Waals surface area contributed by atoms with Crippen LogP contribution >= 0.6 is 0 Å². The van der Waals surface area contributed by atoms with Crippen molar-refractivity contribution >= 4 is 0 Å². The summed E-state index contributed by atoms with van der Waals surface area (Å²) in [5.41, 5.74) is -0.637. The summed E-state index contributed by atoms with van der Waals surface area (Å²) in [6.07, 6.45) is 3.54. The zero-order valence-corrected chi connectivity index (χ0v) is 8.58. The maximum absolute atomic E-state index is 9.73. The molecule has 13 heavy (non-hydrogen) atoms. The second-order valence-corrected chi connectivity index (χ2v) is 4.34. The summed E-state index contributed by atoms with van der Waals surface area (Å²) in [6, 6.07) is 0.193. The van der Waals surface area contributed by atoms with Crippen LogP contribution < -0.4 is 5.32 Å². The minimum absolute atomic E-state index is 0.193. The van der Waals surface area contributed by atoms with E-state index in [0.29, 0.717) is 6.54 Å². The topological polar surface area (TPSA) is 52.5 Å². The van der Waals surface area contributed by atoms with Crippen LogP contribution in [0.1, 0.15) is 39.5 Å². The minimum atomic E-state index is -0.637. The summed E-state index contributed by atoms with van der Waals surface area (Å²) in [5.74, 6) is 0. The number of hydrogen-bond donors (Lipinski definition) is 3. The van der Waals surface area contributed by atoms with Gasteiger partial charge in [0.1, 0.15) is 0 Å². The Kier molecular flexibility index (Phi) is 3.71. The summed E-state index contributed by atoms with van der Waals surface area (Å²) < 4.78 is 0. The van der Waals surface area contributed by atoms with Crippen LogP contribution in [0, 0.1) is 0 Å². The number of aliphatic hydroxyl groups is 2. The number of nitrogens with one attached hydrogen (secondary N) is 1. The van der Waals surface area contributed by atoms with Crippen molar-refractivity contribution in [3.63, 3.8) is 0 Å². The van der Waals surface area contributed by atoms with Crippen LogP contribution in [0.3, 0.4) is 0 Å². The van der Waals surface area contributed by atoms with Crippen molar-refractivity contribution < 1.29 is 10.2 Å². The lowest BCUT2D eigenvalue weighted by Crippen LogP contribution is -2.44. The first-order valence-corrected chi connectivity index (χ1v) is 5.19. The second-order valence-electron chi connectivity index (χ2n) is 4.34.